The maximum atomic E-state index is 12.7. The van der Waals surface area contributed by atoms with E-state index in [1.54, 1.807) is 18.2 Å². The monoisotopic (exact) mass is 390 g/mol. The molecule has 1 heterocycles. The van der Waals surface area contributed by atoms with Crippen LogP contribution in [0.4, 0.5) is 5.69 Å². The van der Waals surface area contributed by atoms with Crippen molar-refractivity contribution in [1.29, 1.82) is 5.26 Å². The van der Waals surface area contributed by atoms with Gasteiger partial charge in [0.1, 0.15) is 6.07 Å². The van der Waals surface area contributed by atoms with Crippen LogP contribution in [0.2, 0.25) is 0 Å². The van der Waals surface area contributed by atoms with E-state index in [-0.39, 0.29) is 11.9 Å². The van der Waals surface area contributed by atoms with Gasteiger partial charge in [0.15, 0.2) is 0 Å². The highest BCUT2D eigenvalue weighted by Crippen LogP contribution is 2.18. The fraction of sp³-hybridized carbons (Fsp3) is 0.417. The summed E-state index contributed by atoms with van der Waals surface area (Å²) in [6, 6.07) is 17.9. The molecule has 152 valence electrons. The number of rotatable bonds is 6. The number of benzene rings is 2. The van der Waals surface area contributed by atoms with E-state index in [1.807, 2.05) is 13.0 Å². The lowest BCUT2D eigenvalue weighted by Crippen LogP contribution is -2.52. The minimum Gasteiger partial charge on any atom is -0.324 e. The van der Waals surface area contributed by atoms with Crippen LogP contribution in [-0.2, 0) is 11.3 Å². The molecule has 0 saturated carbocycles. The van der Waals surface area contributed by atoms with Crippen LogP contribution in [-0.4, -0.2) is 47.9 Å². The average Bonchev–Trinajstić information content (AvgIpc) is 2.74. The number of nitriles is 1. The fourth-order valence-electron chi connectivity index (χ4n) is 3.67. The Hall–Kier alpha value is -2.68. The van der Waals surface area contributed by atoms with Crippen LogP contribution < -0.4 is 5.32 Å². The number of carbonyl (C=O) groups is 1. The minimum atomic E-state index is -0.228. The Balaban J connectivity index is 1.50. The van der Waals surface area contributed by atoms with E-state index in [1.165, 1.54) is 11.1 Å². The second kappa shape index (κ2) is 9.69. The molecule has 5 heteroatoms. The first-order valence-corrected chi connectivity index (χ1v) is 10.3. The predicted molar refractivity (Wildman–Crippen MR) is 117 cm³/mol. The SMILES string of the molecule is CC(C)c1ccc(CN2CCN(C(C)C(=O)Nc3ccccc3C#N)CC2)cc1. The summed E-state index contributed by atoms with van der Waals surface area (Å²) in [4.78, 5) is 17.3. The number of nitrogens with zero attached hydrogens (tertiary/aromatic N) is 3. The van der Waals surface area contributed by atoms with Crippen LogP contribution in [0.15, 0.2) is 48.5 Å². The molecule has 1 atom stereocenters. The normalized spacial score (nSPS) is 16.4. The third kappa shape index (κ3) is 5.44. The first-order chi connectivity index (χ1) is 14.0. The second-order valence-corrected chi connectivity index (χ2v) is 8.03. The Morgan fingerprint density at radius 2 is 1.69 bits per heavy atom. The molecule has 1 fully saturated rings. The van der Waals surface area contributed by atoms with E-state index in [0.717, 1.165) is 32.7 Å². The summed E-state index contributed by atoms with van der Waals surface area (Å²) in [6.07, 6.45) is 0. The minimum absolute atomic E-state index is 0.0644. The van der Waals surface area contributed by atoms with E-state index in [2.05, 4.69) is 59.3 Å². The lowest BCUT2D eigenvalue weighted by Gasteiger charge is -2.37. The quantitative estimate of drug-likeness (QED) is 0.814. The number of hydrogen-bond acceptors (Lipinski definition) is 4. The Morgan fingerprint density at radius 3 is 2.31 bits per heavy atom. The van der Waals surface area contributed by atoms with Crippen molar-refractivity contribution in [2.45, 2.75) is 39.3 Å². The van der Waals surface area contributed by atoms with Gasteiger partial charge in [0.05, 0.1) is 17.3 Å². The first-order valence-electron chi connectivity index (χ1n) is 10.3. The van der Waals surface area contributed by atoms with Crippen LogP contribution in [0.3, 0.4) is 0 Å². The third-order valence-electron chi connectivity index (χ3n) is 5.69. The number of para-hydroxylation sites is 1. The van der Waals surface area contributed by atoms with Crippen molar-refractivity contribution in [3.63, 3.8) is 0 Å². The molecule has 5 nitrogen and oxygen atoms in total. The highest BCUT2D eigenvalue weighted by molar-refractivity contribution is 5.95. The molecular weight excluding hydrogens is 360 g/mol. The van der Waals surface area contributed by atoms with Gasteiger partial charge < -0.3 is 5.32 Å². The number of amides is 1. The van der Waals surface area contributed by atoms with Crippen LogP contribution in [0.1, 0.15) is 43.4 Å². The van der Waals surface area contributed by atoms with Gasteiger partial charge in [-0.15, -0.1) is 0 Å². The summed E-state index contributed by atoms with van der Waals surface area (Å²) in [5.74, 6) is 0.491. The van der Waals surface area contributed by atoms with Gasteiger partial charge in [-0.25, -0.2) is 0 Å². The van der Waals surface area contributed by atoms with Crippen LogP contribution in [0.25, 0.3) is 0 Å². The van der Waals surface area contributed by atoms with Gasteiger partial charge in [-0.1, -0.05) is 50.2 Å². The summed E-state index contributed by atoms with van der Waals surface area (Å²) in [5, 5.41) is 12.1. The van der Waals surface area contributed by atoms with Crippen LogP contribution in [0.5, 0.6) is 0 Å². The molecule has 0 radical (unpaired) electrons. The topological polar surface area (TPSA) is 59.4 Å². The molecule has 3 rings (SSSR count). The van der Waals surface area contributed by atoms with Crippen LogP contribution in [0, 0.1) is 11.3 Å². The van der Waals surface area contributed by atoms with Gasteiger partial charge in [-0.3, -0.25) is 14.6 Å². The summed E-state index contributed by atoms with van der Waals surface area (Å²) in [7, 11) is 0. The van der Waals surface area contributed by atoms with Crippen LogP contribution >= 0.6 is 0 Å². The molecular formula is C24H30N4O. The molecule has 29 heavy (non-hydrogen) atoms. The molecule has 1 aliphatic heterocycles. The van der Waals surface area contributed by atoms with Gasteiger partial charge >= 0.3 is 0 Å². The lowest BCUT2D eigenvalue weighted by molar-refractivity contribution is -0.121. The summed E-state index contributed by atoms with van der Waals surface area (Å²) in [6.45, 7) is 10.9. The molecule has 1 amide bonds. The molecule has 2 aromatic carbocycles. The maximum Gasteiger partial charge on any atom is 0.241 e. The second-order valence-electron chi connectivity index (χ2n) is 8.03. The average molecular weight is 391 g/mol. The summed E-state index contributed by atoms with van der Waals surface area (Å²) < 4.78 is 0. The van der Waals surface area contributed by atoms with E-state index < -0.39 is 0 Å². The third-order valence-corrected chi connectivity index (χ3v) is 5.69. The van der Waals surface area contributed by atoms with Gasteiger partial charge in [0, 0.05) is 32.7 Å². The van der Waals surface area contributed by atoms with Crippen molar-refractivity contribution in [3.8, 4) is 6.07 Å². The Bertz CT molecular complexity index is 861. The summed E-state index contributed by atoms with van der Waals surface area (Å²) >= 11 is 0. The molecule has 0 aromatic heterocycles. The van der Waals surface area contributed by atoms with E-state index >= 15 is 0 Å². The smallest absolute Gasteiger partial charge is 0.241 e. The van der Waals surface area contributed by atoms with E-state index in [9.17, 15) is 10.1 Å². The van der Waals surface area contributed by atoms with E-state index in [0.29, 0.717) is 17.2 Å². The van der Waals surface area contributed by atoms with Crippen molar-refractivity contribution in [2.24, 2.45) is 0 Å². The Morgan fingerprint density at radius 1 is 1.03 bits per heavy atom. The number of nitrogens with one attached hydrogen (secondary N) is 1. The largest absolute Gasteiger partial charge is 0.324 e. The number of piperazine rings is 1. The standard InChI is InChI=1S/C24H30N4O/c1-18(2)21-10-8-20(9-11-21)17-27-12-14-28(15-13-27)19(3)24(29)26-23-7-5-4-6-22(23)16-25/h4-11,18-19H,12-15,17H2,1-3H3,(H,26,29). The molecule has 2 aromatic rings. The van der Waals surface area contributed by atoms with Crippen molar-refractivity contribution in [1.82, 2.24) is 9.80 Å². The van der Waals surface area contributed by atoms with E-state index in [4.69, 9.17) is 0 Å². The zero-order valence-electron chi connectivity index (χ0n) is 17.6. The van der Waals surface area contributed by atoms with Crippen molar-refractivity contribution >= 4 is 11.6 Å². The highest BCUT2D eigenvalue weighted by Gasteiger charge is 2.26. The molecule has 1 saturated heterocycles. The first kappa shape index (κ1) is 21.0. The molecule has 1 aliphatic rings. The zero-order chi connectivity index (χ0) is 20.8. The molecule has 0 aliphatic carbocycles. The Kier molecular flexibility index (Phi) is 7.03. The lowest BCUT2D eigenvalue weighted by atomic mass is 10.0. The maximum absolute atomic E-state index is 12.7. The van der Waals surface area contributed by atoms with Crippen molar-refractivity contribution in [3.05, 3.63) is 65.2 Å². The summed E-state index contributed by atoms with van der Waals surface area (Å²) in [5.41, 5.74) is 3.77. The zero-order valence-corrected chi connectivity index (χ0v) is 17.6. The molecule has 1 N–H and O–H groups in total. The fourth-order valence-corrected chi connectivity index (χ4v) is 3.67. The van der Waals surface area contributed by atoms with Gasteiger partial charge in [-0.05, 0) is 36.1 Å². The molecule has 0 bridgehead atoms. The van der Waals surface area contributed by atoms with Crippen molar-refractivity contribution in [2.75, 3.05) is 31.5 Å². The van der Waals surface area contributed by atoms with Gasteiger partial charge in [0.2, 0.25) is 5.91 Å². The molecule has 0 spiro atoms. The Labute approximate surface area is 173 Å². The number of anilines is 1. The number of carbonyl (C=O) groups excluding carboxylic acids is 1. The van der Waals surface area contributed by atoms with Gasteiger partial charge in [-0.2, -0.15) is 5.26 Å². The molecule has 1 unspecified atom stereocenters. The van der Waals surface area contributed by atoms with Crippen molar-refractivity contribution < 1.29 is 4.79 Å². The predicted octanol–water partition coefficient (Wildman–Crippen LogP) is 3.83. The number of hydrogen-bond donors (Lipinski definition) is 1. The highest BCUT2D eigenvalue weighted by atomic mass is 16.2. The van der Waals surface area contributed by atoms with Gasteiger partial charge in [0.25, 0.3) is 0 Å².